The average molecular weight is 748 g/mol. The van der Waals surface area contributed by atoms with E-state index in [-0.39, 0.29) is 13.0 Å². The molecule has 0 saturated carbocycles. The second kappa shape index (κ2) is 36.9. The molecule has 0 spiro atoms. The maximum absolute atomic E-state index is 12.5. The van der Waals surface area contributed by atoms with E-state index in [0.717, 1.165) is 32.1 Å². The van der Waals surface area contributed by atoms with Crippen LogP contribution in [0.25, 0.3) is 0 Å². The predicted octanol–water partition coefficient (Wildman–Crippen LogP) is 11.3. The number of carbonyl (C=O) groups is 2. The molecule has 0 aromatic carbocycles. The van der Waals surface area contributed by atoms with E-state index in [1.54, 1.807) is 6.26 Å². The molecule has 11 heteroatoms. The van der Waals surface area contributed by atoms with Gasteiger partial charge in [-0.15, -0.1) is 0 Å². The Labute approximate surface area is 312 Å². The van der Waals surface area contributed by atoms with Crippen molar-refractivity contribution in [3.8, 4) is 0 Å². The zero-order valence-electron chi connectivity index (χ0n) is 32.7. The van der Waals surface area contributed by atoms with Gasteiger partial charge in [0.2, 0.25) is 0 Å². The summed E-state index contributed by atoms with van der Waals surface area (Å²) < 4.78 is 33.0. The molecule has 0 fully saturated rings. The van der Waals surface area contributed by atoms with E-state index in [0.29, 0.717) is 6.42 Å². The number of nitrogens with two attached hydrogens (primary N) is 1. The zero-order chi connectivity index (χ0) is 37.7. The Morgan fingerprint density at radius 1 is 0.608 bits per heavy atom. The Bertz CT molecular complexity index is 873. The summed E-state index contributed by atoms with van der Waals surface area (Å²) in [5.74, 6) is -1.80. The van der Waals surface area contributed by atoms with Crippen molar-refractivity contribution in [2.45, 2.75) is 212 Å². The molecule has 3 atom stereocenters. The van der Waals surface area contributed by atoms with Crippen LogP contribution >= 0.6 is 7.82 Å². The van der Waals surface area contributed by atoms with E-state index >= 15 is 0 Å². The van der Waals surface area contributed by atoms with Gasteiger partial charge in [-0.25, -0.2) is 4.57 Å². The third-order valence-corrected chi connectivity index (χ3v) is 10.1. The standard InChI is InChI=1S/C40H78NO9P/c1-3-5-7-9-11-13-15-16-17-18-19-20-21-23-25-27-29-31-33-47-34-37(35-48-51(45,46)49-36-38(41)40(43)44)50-39(42)32-30-28-26-24-22-14-12-10-8-6-4-2/h31,33,37-38H,3-30,32,34-36,41H2,1-2H3,(H,43,44)(H,45,46)/b33-31-/t37-,38+/m1/s1. The lowest BCUT2D eigenvalue weighted by Gasteiger charge is -2.20. The van der Waals surface area contributed by atoms with Crippen molar-refractivity contribution >= 4 is 19.8 Å². The van der Waals surface area contributed by atoms with Crippen molar-refractivity contribution in [3.05, 3.63) is 12.3 Å². The third-order valence-electron chi connectivity index (χ3n) is 9.14. The van der Waals surface area contributed by atoms with Crippen LogP contribution in [-0.2, 0) is 32.7 Å². The number of rotatable bonds is 40. The molecule has 1 unspecified atom stereocenters. The van der Waals surface area contributed by atoms with Crippen molar-refractivity contribution in [2.75, 3.05) is 19.8 Å². The van der Waals surface area contributed by atoms with Crippen LogP contribution in [0.3, 0.4) is 0 Å². The lowest BCUT2D eigenvalue weighted by atomic mass is 10.0. The normalized spacial score (nSPS) is 14.0. The van der Waals surface area contributed by atoms with Gasteiger partial charge in [-0.2, -0.15) is 0 Å². The van der Waals surface area contributed by atoms with Crippen LogP contribution in [0, 0.1) is 0 Å². The number of esters is 1. The van der Waals surface area contributed by atoms with Gasteiger partial charge >= 0.3 is 19.8 Å². The fourth-order valence-corrected chi connectivity index (χ4v) is 6.64. The number of ether oxygens (including phenoxy) is 2. The number of carboxylic acids is 1. The van der Waals surface area contributed by atoms with E-state index < -0.39 is 45.1 Å². The second-order valence-corrected chi connectivity index (χ2v) is 15.7. The van der Waals surface area contributed by atoms with Gasteiger partial charge in [0.25, 0.3) is 0 Å². The van der Waals surface area contributed by atoms with Crippen molar-refractivity contribution in [3.63, 3.8) is 0 Å². The quantitative estimate of drug-likeness (QED) is 0.0239. The summed E-state index contributed by atoms with van der Waals surface area (Å²) in [5.41, 5.74) is 5.34. The molecule has 0 aromatic rings. The summed E-state index contributed by atoms with van der Waals surface area (Å²) in [6, 6.07) is -1.48. The van der Waals surface area contributed by atoms with E-state index in [2.05, 4.69) is 18.4 Å². The first kappa shape index (κ1) is 49.6. The van der Waals surface area contributed by atoms with Crippen LogP contribution < -0.4 is 5.73 Å². The molecule has 0 amide bonds. The van der Waals surface area contributed by atoms with E-state index in [1.807, 2.05) is 6.08 Å². The Hall–Kier alpha value is -1.45. The fraction of sp³-hybridized carbons (Fsp3) is 0.900. The van der Waals surface area contributed by atoms with Crippen molar-refractivity contribution < 1.29 is 42.7 Å². The van der Waals surface area contributed by atoms with Gasteiger partial charge in [0, 0.05) is 6.42 Å². The van der Waals surface area contributed by atoms with Crippen LogP contribution in [0.1, 0.15) is 200 Å². The molecule has 0 aliphatic carbocycles. The highest BCUT2D eigenvalue weighted by molar-refractivity contribution is 7.47. The number of phosphoric ester groups is 1. The van der Waals surface area contributed by atoms with Crippen LogP contribution in [0.4, 0.5) is 0 Å². The molecule has 0 aliphatic heterocycles. The highest BCUT2D eigenvalue weighted by Crippen LogP contribution is 2.43. The lowest BCUT2D eigenvalue weighted by Crippen LogP contribution is -2.34. The van der Waals surface area contributed by atoms with E-state index in [4.69, 9.17) is 24.8 Å². The Balaban J connectivity index is 4.24. The molecular formula is C40H78NO9P. The van der Waals surface area contributed by atoms with Gasteiger partial charge in [-0.3, -0.25) is 18.6 Å². The van der Waals surface area contributed by atoms with Crippen molar-refractivity contribution in [1.82, 2.24) is 0 Å². The van der Waals surface area contributed by atoms with Gasteiger partial charge in [0.15, 0.2) is 6.10 Å². The molecule has 0 aliphatic rings. The number of allylic oxidation sites excluding steroid dienone is 1. The summed E-state index contributed by atoms with van der Waals surface area (Å²) in [5, 5.41) is 8.87. The fourth-order valence-electron chi connectivity index (χ4n) is 5.86. The third kappa shape index (κ3) is 36.7. The Morgan fingerprint density at radius 3 is 1.43 bits per heavy atom. The zero-order valence-corrected chi connectivity index (χ0v) is 33.6. The summed E-state index contributed by atoms with van der Waals surface area (Å²) in [6.07, 6.45) is 37.8. The molecular weight excluding hydrogens is 669 g/mol. The number of hydrogen-bond donors (Lipinski definition) is 3. The van der Waals surface area contributed by atoms with Crippen LogP contribution in [-0.4, -0.2) is 53.9 Å². The van der Waals surface area contributed by atoms with Gasteiger partial charge < -0.3 is 25.2 Å². The summed E-state index contributed by atoms with van der Waals surface area (Å²) in [4.78, 5) is 33.4. The lowest BCUT2D eigenvalue weighted by molar-refractivity contribution is -0.153. The monoisotopic (exact) mass is 748 g/mol. The maximum Gasteiger partial charge on any atom is 0.472 e. The number of carboxylic acid groups (broad SMARTS) is 1. The summed E-state index contributed by atoms with van der Waals surface area (Å²) >= 11 is 0. The molecule has 0 rings (SSSR count). The van der Waals surface area contributed by atoms with Gasteiger partial charge in [-0.1, -0.05) is 174 Å². The number of aliphatic carboxylic acids is 1. The van der Waals surface area contributed by atoms with Crippen LogP contribution in [0.5, 0.6) is 0 Å². The first-order chi connectivity index (χ1) is 24.7. The minimum Gasteiger partial charge on any atom is -0.498 e. The Kier molecular flexibility index (Phi) is 35.8. The summed E-state index contributed by atoms with van der Waals surface area (Å²) in [7, 11) is -4.62. The number of unbranched alkanes of at least 4 members (excludes halogenated alkanes) is 26. The van der Waals surface area contributed by atoms with Crippen molar-refractivity contribution in [2.24, 2.45) is 5.73 Å². The maximum atomic E-state index is 12.5. The molecule has 10 nitrogen and oxygen atoms in total. The van der Waals surface area contributed by atoms with Gasteiger partial charge in [0.05, 0.1) is 19.5 Å². The molecule has 4 N–H and O–H groups in total. The van der Waals surface area contributed by atoms with Gasteiger partial charge in [-0.05, 0) is 25.3 Å². The predicted molar refractivity (Wildman–Crippen MR) is 208 cm³/mol. The SMILES string of the molecule is CCCCCCCCCCCCCCCCCC/C=C\OC[C@H](COP(=O)(O)OC[C@H](N)C(=O)O)OC(=O)CCCCCCCCCCCCC. The first-order valence-electron chi connectivity index (χ1n) is 20.8. The molecule has 0 radical (unpaired) electrons. The molecule has 0 saturated heterocycles. The van der Waals surface area contributed by atoms with Crippen LogP contribution in [0.2, 0.25) is 0 Å². The number of phosphoric acid groups is 1. The smallest absolute Gasteiger partial charge is 0.472 e. The molecule has 0 bridgehead atoms. The highest BCUT2D eigenvalue weighted by atomic mass is 31.2. The average Bonchev–Trinajstić information content (AvgIpc) is 3.10. The largest absolute Gasteiger partial charge is 0.498 e. The Morgan fingerprint density at radius 2 is 1.00 bits per heavy atom. The highest BCUT2D eigenvalue weighted by Gasteiger charge is 2.27. The molecule has 51 heavy (non-hydrogen) atoms. The summed E-state index contributed by atoms with van der Waals surface area (Å²) in [6.45, 7) is 3.28. The number of carbonyl (C=O) groups excluding carboxylic acids is 1. The van der Waals surface area contributed by atoms with Crippen LogP contribution in [0.15, 0.2) is 12.3 Å². The minimum absolute atomic E-state index is 0.0614. The van der Waals surface area contributed by atoms with Crippen molar-refractivity contribution in [1.29, 1.82) is 0 Å². The minimum atomic E-state index is -4.62. The topological polar surface area (TPSA) is 155 Å². The molecule has 0 aromatic heterocycles. The number of hydrogen-bond acceptors (Lipinski definition) is 8. The van der Waals surface area contributed by atoms with Gasteiger partial charge in [0.1, 0.15) is 12.6 Å². The molecule has 302 valence electrons. The van der Waals surface area contributed by atoms with E-state index in [9.17, 15) is 19.0 Å². The molecule has 0 heterocycles. The second-order valence-electron chi connectivity index (χ2n) is 14.2. The first-order valence-corrected chi connectivity index (χ1v) is 22.3. The van der Waals surface area contributed by atoms with E-state index in [1.165, 1.54) is 141 Å².